The Morgan fingerprint density at radius 1 is 1.12 bits per heavy atom. The van der Waals surface area contributed by atoms with Crippen molar-refractivity contribution in [3.05, 3.63) is 59.0 Å². The zero-order chi connectivity index (χ0) is 30.8. The first-order valence-electron chi connectivity index (χ1n) is 14.9. The molecule has 3 N–H and O–H groups in total. The highest BCUT2D eigenvalue weighted by atomic mass is 32.1. The number of carbonyl (C=O) groups is 1. The van der Waals surface area contributed by atoms with Crippen LogP contribution in [-0.4, -0.2) is 73.0 Å². The van der Waals surface area contributed by atoms with Gasteiger partial charge in [-0.2, -0.15) is 0 Å². The van der Waals surface area contributed by atoms with Crippen molar-refractivity contribution in [2.45, 2.75) is 52.7 Å². The van der Waals surface area contributed by atoms with E-state index >= 15 is 0 Å². The normalized spacial score (nSPS) is 15.0. The number of unbranched alkanes of at least 4 members (excludes halogenated alkanes) is 1. The van der Waals surface area contributed by atoms with Crippen LogP contribution in [0.15, 0.2) is 53.7 Å². The molecule has 2 heterocycles. The van der Waals surface area contributed by atoms with E-state index in [0.717, 1.165) is 74.7 Å². The van der Waals surface area contributed by atoms with Gasteiger partial charge in [-0.3, -0.25) is 14.6 Å². The van der Waals surface area contributed by atoms with Gasteiger partial charge in [-0.25, -0.2) is 4.98 Å². The molecule has 232 valence electrons. The molecule has 1 aliphatic heterocycles. The van der Waals surface area contributed by atoms with Gasteiger partial charge in [-0.1, -0.05) is 32.3 Å². The lowest BCUT2D eigenvalue weighted by Gasteiger charge is -2.26. The highest BCUT2D eigenvalue weighted by Crippen LogP contribution is 2.35. The van der Waals surface area contributed by atoms with Gasteiger partial charge in [0.25, 0.3) is 0 Å². The van der Waals surface area contributed by atoms with E-state index in [4.69, 9.17) is 30.1 Å². The number of benzene rings is 2. The molecule has 2 aromatic carbocycles. The van der Waals surface area contributed by atoms with Crippen molar-refractivity contribution in [2.75, 3.05) is 44.8 Å². The second-order valence-electron chi connectivity index (χ2n) is 10.9. The number of anilines is 1. The number of thiazole rings is 1. The van der Waals surface area contributed by atoms with E-state index in [9.17, 15) is 4.79 Å². The highest BCUT2D eigenvalue weighted by molar-refractivity contribution is 7.16. The predicted octanol–water partition coefficient (Wildman–Crippen LogP) is 5.37. The fourth-order valence-electron chi connectivity index (χ4n) is 4.71. The van der Waals surface area contributed by atoms with Crippen molar-refractivity contribution in [3.8, 4) is 22.8 Å². The van der Waals surface area contributed by atoms with Gasteiger partial charge in [0.15, 0.2) is 11.0 Å². The van der Waals surface area contributed by atoms with E-state index in [0.29, 0.717) is 22.2 Å². The minimum absolute atomic E-state index is 0.0417. The summed E-state index contributed by atoms with van der Waals surface area (Å²) < 4.78 is 17.9. The quantitative estimate of drug-likeness (QED) is 0.0822. The zero-order valence-corrected chi connectivity index (χ0v) is 26.3. The summed E-state index contributed by atoms with van der Waals surface area (Å²) in [5.74, 6) is 1.29. The van der Waals surface area contributed by atoms with Gasteiger partial charge < -0.3 is 25.2 Å². The van der Waals surface area contributed by atoms with Crippen LogP contribution in [0.3, 0.4) is 0 Å². The number of amides is 1. The molecule has 11 heteroatoms. The van der Waals surface area contributed by atoms with Gasteiger partial charge in [0, 0.05) is 55.0 Å². The fourth-order valence-corrected chi connectivity index (χ4v) is 5.75. The molecule has 0 spiro atoms. The lowest BCUT2D eigenvalue weighted by Crippen LogP contribution is -2.37. The highest BCUT2D eigenvalue weighted by Gasteiger charge is 2.22. The molecular formula is C32H43N5O5S. The van der Waals surface area contributed by atoms with Gasteiger partial charge in [-0.05, 0) is 61.4 Å². The average Bonchev–Trinajstić information content (AvgIpc) is 3.47. The van der Waals surface area contributed by atoms with Crippen molar-refractivity contribution in [2.24, 2.45) is 16.8 Å². The van der Waals surface area contributed by atoms with Crippen LogP contribution in [0.4, 0.5) is 5.13 Å². The van der Waals surface area contributed by atoms with Crippen LogP contribution >= 0.6 is 11.3 Å². The number of aromatic nitrogens is 1. The van der Waals surface area contributed by atoms with Crippen molar-refractivity contribution >= 4 is 28.2 Å². The summed E-state index contributed by atoms with van der Waals surface area (Å²) in [6, 6.07) is 14.9. The third-order valence-corrected chi connectivity index (χ3v) is 8.46. The van der Waals surface area contributed by atoms with E-state index in [1.165, 1.54) is 0 Å². The topological polar surface area (TPSA) is 123 Å². The van der Waals surface area contributed by atoms with Crippen LogP contribution in [-0.2, 0) is 16.0 Å². The number of hydrogen-bond donors (Lipinski definition) is 2. The largest absolute Gasteiger partial charge is 0.455 e. The zero-order valence-electron chi connectivity index (χ0n) is 25.5. The summed E-state index contributed by atoms with van der Waals surface area (Å²) in [5.41, 5.74) is 8.15. The molecule has 1 fully saturated rings. The predicted molar refractivity (Wildman–Crippen MR) is 170 cm³/mol. The fraction of sp³-hybridized carbons (Fsp3) is 0.469. The molecule has 0 bridgehead atoms. The van der Waals surface area contributed by atoms with Gasteiger partial charge in [0.05, 0.1) is 18.9 Å². The number of morpholine rings is 1. The molecule has 1 atom stereocenters. The number of nitrogens with zero attached hydrogens (tertiary/aromatic N) is 4. The maximum absolute atomic E-state index is 12.7. The van der Waals surface area contributed by atoms with E-state index in [-0.39, 0.29) is 17.7 Å². The maximum atomic E-state index is 12.7. The molecule has 1 aliphatic rings. The Kier molecular flexibility index (Phi) is 11.8. The molecule has 1 amide bonds. The van der Waals surface area contributed by atoms with Crippen LogP contribution in [0.1, 0.15) is 50.5 Å². The Labute approximate surface area is 258 Å². The summed E-state index contributed by atoms with van der Waals surface area (Å²) >= 11 is 1.58. The standard InChI is InChI=1S/C32H43N5O5S/c1-5-6-7-28(42-26-14-10-24(11-15-26)30(33)35-39)41-25-12-8-23(9-13-25)29-27(16-17-37-18-20-40-21-19-37)43-32(34-29)36(4)31(38)22(2)3/h8-15,22,28,39H,5-7,16-21H2,1-4H3,(H2,33,35). The molecule has 43 heavy (non-hydrogen) atoms. The van der Waals surface area contributed by atoms with E-state index < -0.39 is 6.29 Å². The number of rotatable bonds is 14. The van der Waals surface area contributed by atoms with Crippen LogP contribution in [0.2, 0.25) is 0 Å². The smallest absolute Gasteiger partial charge is 0.241 e. The minimum atomic E-state index is -0.480. The number of amidine groups is 1. The average molecular weight is 610 g/mol. The lowest BCUT2D eigenvalue weighted by molar-refractivity contribution is -0.121. The summed E-state index contributed by atoms with van der Waals surface area (Å²) in [4.78, 5) is 22.9. The first kappa shape index (κ1) is 32.2. The first-order valence-corrected chi connectivity index (χ1v) is 15.7. The van der Waals surface area contributed by atoms with Crippen molar-refractivity contribution in [1.29, 1.82) is 0 Å². The first-order chi connectivity index (χ1) is 20.8. The third kappa shape index (κ3) is 8.92. The monoisotopic (exact) mass is 609 g/mol. The summed E-state index contributed by atoms with van der Waals surface area (Å²) in [5, 5.41) is 12.6. The molecule has 1 aromatic heterocycles. The molecule has 0 aliphatic carbocycles. The molecular weight excluding hydrogens is 566 g/mol. The van der Waals surface area contributed by atoms with Gasteiger partial charge in [0.1, 0.15) is 11.5 Å². The van der Waals surface area contributed by atoms with E-state index in [2.05, 4.69) is 17.0 Å². The Morgan fingerprint density at radius 2 is 1.74 bits per heavy atom. The second-order valence-corrected chi connectivity index (χ2v) is 11.9. The van der Waals surface area contributed by atoms with Crippen LogP contribution in [0.5, 0.6) is 11.5 Å². The number of hydrogen-bond acceptors (Lipinski definition) is 9. The Balaban J connectivity index is 1.51. The minimum Gasteiger partial charge on any atom is -0.455 e. The third-order valence-electron chi connectivity index (χ3n) is 7.27. The SMILES string of the molecule is CCCCC(Oc1ccc(C(N)=NO)cc1)Oc1ccc(-c2nc(N(C)C(=O)C(C)C)sc2CCN2CCOCC2)cc1. The molecule has 4 rings (SSSR count). The molecule has 10 nitrogen and oxygen atoms in total. The van der Waals surface area contributed by atoms with Crippen LogP contribution < -0.4 is 20.1 Å². The second kappa shape index (κ2) is 15.7. The van der Waals surface area contributed by atoms with E-state index in [1.807, 2.05) is 38.1 Å². The van der Waals surface area contributed by atoms with E-state index in [1.54, 1.807) is 47.5 Å². The maximum Gasteiger partial charge on any atom is 0.241 e. The molecule has 0 saturated carbocycles. The summed E-state index contributed by atoms with van der Waals surface area (Å²) in [6.07, 6.45) is 3.04. The molecule has 3 aromatic rings. The summed E-state index contributed by atoms with van der Waals surface area (Å²) in [7, 11) is 1.80. The van der Waals surface area contributed by atoms with Crippen molar-refractivity contribution in [3.63, 3.8) is 0 Å². The number of nitrogens with two attached hydrogens (primary N) is 1. The Hall–Kier alpha value is -3.67. The number of oxime groups is 1. The molecule has 1 unspecified atom stereocenters. The van der Waals surface area contributed by atoms with Crippen LogP contribution in [0.25, 0.3) is 11.3 Å². The van der Waals surface area contributed by atoms with Gasteiger partial charge in [0.2, 0.25) is 12.2 Å². The Bertz CT molecular complexity index is 1340. The van der Waals surface area contributed by atoms with Crippen molar-refractivity contribution < 1.29 is 24.2 Å². The Morgan fingerprint density at radius 3 is 2.33 bits per heavy atom. The number of carbonyl (C=O) groups excluding carboxylic acids is 1. The van der Waals surface area contributed by atoms with Gasteiger partial charge >= 0.3 is 0 Å². The molecule has 0 radical (unpaired) electrons. The van der Waals surface area contributed by atoms with Crippen molar-refractivity contribution in [1.82, 2.24) is 9.88 Å². The van der Waals surface area contributed by atoms with Gasteiger partial charge in [-0.15, -0.1) is 11.3 Å². The molecule has 1 saturated heterocycles. The lowest BCUT2D eigenvalue weighted by atomic mass is 10.1. The summed E-state index contributed by atoms with van der Waals surface area (Å²) in [6.45, 7) is 10.2. The van der Waals surface area contributed by atoms with Crippen LogP contribution in [0, 0.1) is 5.92 Å². The number of ether oxygens (including phenoxy) is 3.